The van der Waals surface area contributed by atoms with Crippen molar-refractivity contribution in [3.63, 3.8) is 0 Å². The molecule has 0 aliphatic carbocycles. The number of carboxylic acids is 2. The summed E-state index contributed by atoms with van der Waals surface area (Å²) in [5, 5.41) is 92.9. The standard InChI is InChI=1S/C76H104N18O19S2.C10H16N2O3S.C4H3NO2/c1-41(79)64(100)82-37-61(99)83-58-39-114-115-40-59(76(112)113)92-72(108)57(38-95)91-75(111)63(43(3)97)94-71(107)54(33-46-23-11-6-12-24-46)90-74(110)62(42(2)96)93-66(102)51(28-16-18-30-78)84-69(105)55(34-47-36-81-49-26-14-13-25-48(47)49)88-68(104)53(32-45-21-9-5-10-22-45)86-67(103)52(31-44-19-7-4-8-20-44)87-70(106)56(35-60(80)98)89-65(101)50(85-73(58)109)27-15-17-29-77;13-8(14)4-2-1-3-7-9-6(5-16-7)11-10(15)12-9;6-3-1-2-4(7)5-3/h4-14,19-26,36,41-43,50-59,62-63,81,95-97H,15-18,27-35,37-40,77-79H2,1-3H3,(H2,80,98)(H,82,100)(H,83,99)(H,84,105)(H,85,109)(H,86,103)(H,87,106)(H,88,104)(H,89,101)(H,90,110)(H,91,111)(H,92,108)(H,93,102)(H,94,107)(H,112,113);6-7,9H,1-5H2,(H,13,14)(H2,11,12,15);1-2H,(H,5,6,7)/t41-,42?,43?,50-,51-,52-,53-,54-,55-,56-,57-,58-,59-,62-,63-;6-,7-,9-;/m00./s1. The number of benzene rings is 4. The number of aromatic amines is 1. The Bertz CT molecular complexity index is 5030. The first kappa shape index (κ1) is 112. The zero-order chi connectivity index (χ0) is 101. The van der Waals surface area contributed by atoms with Crippen molar-refractivity contribution in [1.82, 2.24) is 90.1 Å². The van der Waals surface area contributed by atoms with Gasteiger partial charge in [-0.1, -0.05) is 137 Å². The van der Waals surface area contributed by atoms with Gasteiger partial charge in [0, 0.05) is 83.9 Å². The number of fused-ring (bicyclic) bond motifs is 2. The largest absolute Gasteiger partial charge is 0.481 e. The summed E-state index contributed by atoms with van der Waals surface area (Å²) in [6.45, 7) is 1.88. The normalized spacial score (nSPS) is 24.4. The summed E-state index contributed by atoms with van der Waals surface area (Å²) in [6, 6.07) is 10.0. The molecule has 4 aromatic carbocycles. The lowest BCUT2D eigenvalue weighted by Gasteiger charge is -2.29. The number of unbranched alkanes of at least 4 members (excludes halogenated alkanes) is 3. The highest BCUT2D eigenvalue weighted by molar-refractivity contribution is 8.76. The van der Waals surface area contributed by atoms with Crippen molar-refractivity contribution in [3.05, 3.63) is 156 Å². The quantitative estimate of drug-likeness (QED) is 0.00856. The number of urea groups is 1. The number of hydrogen-bond donors (Lipinski definition) is 26. The highest BCUT2D eigenvalue weighted by Gasteiger charge is 2.44. The molecule has 30 N–H and O–H groups in total. The van der Waals surface area contributed by atoms with Crippen LogP contribution >= 0.6 is 33.3 Å². The minimum Gasteiger partial charge on any atom is -0.481 e. The van der Waals surface area contributed by atoms with Crippen LogP contribution in [0, 0.1) is 0 Å². The van der Waals surface area contributed by atoms with E-state index in [-0.39, 0.29) is 107 Å². The summed E-state index contributed by atoms with van der Waals surface area (Å²) in [7, 11) is 1.49. The van der Waals surface area contributed by atoms with E-state index in [4.69, 9.17) is 28.0 Å². The Morgan fingerprint density at radius 2 is 0.891 bits per heavy atom. The molecule has 138 heavy (non-hydrogen) atoms. The van der Waals surface area contributed by atoms with E-state index in [9.17, 15) is 97.1 Å². The van der Waals surface area contributed by atoms with Crippen LogP contribution in [0.15, 0.2) is 134 Å². The molecule has 18 amide bonds. The predicted molar refractivity (Wildman–Crippen MR) is 509 cm³/mol. The van der Waals surface area contributed by atoms with E-state index < -0.39 is 216 Å². The molecule has 5 aromatic rings. The molecule has 2 unspecified atom stereocenters. The Hall–Kier alpha value is -13.1. The Kier molecular flexibility index (Phi) is 46.9. The van der Waals surface area contributed by atoms with Crippen molar-refractivity contribution in [3.8, 4) is 0 Å². The Balaban J connectivity index is 0.000000974. The van der Waals surface area contributed by atoms with Gasteiger partial charge in [0.15, 0.2) is 0 Å². The van der Waals surface area contributed by atoms with Crippen molar-refractivity contribution < 1.29 is 117 Å². The number of primary amides is 1. The van der Waals surface area contributed by atoms with Crippen LogP contribution < -0.4 is 108 Å². The SMILES string of the molecule is CC(O)[C@@H]1NC(=O)[C@H](Cc2ccccc2)NC(=O)[C@H](C(C)O)NC(=O)[C@H](CCCCN)NC(=O)[C@H](Cc2c[nH]c3ccccc23)NC(=O)[C@H](Cc2ccccc2)NC(=O)[C@H](Cc2ccccc2)NC(=O)[C@H](CC(N)=O)NC(=O)[C@H](CCCCN)NC(=O)[C@@H](NC(=O)CNC(=O)[C@H](C)N)CSSC[C@@H](C(=O)O)NC(=O)[C@H](CO)NC1=O.O=C(O)CCCC[C@@H]1SC[C@@H]2NC(=O)N[C@@H]21.O=C1C=CC(=O)N1. The van der Waals surface area contributed by atoms with Crippen molar-refractivity contribution in [2.75, 3.05) is 43.5 Å². The van der Waals surface area contributed by atoms with Crippen LogP contribution in [0.25, 0.3) is 10.9 Å². The van der Waals surface area contributed by atoms with E-state index in [2.05, 4.69) is 84.7 Å². The number of nitrogens with one attached hydrogen (secondary N) is 17. The third kappa shape index (κ3) is 37.8. The van der Waals surface area contributed by atoms with E-state index in [1.807, 2.05) is 17.1 Å². The molecule has 750 valence electrons. The zero-order valence-electron chi connectivity index (χ0n) is 76.2. The van der Waals surface area contributed by atoms with Crippen LogP contribution in [0.5, 0.6) is 0 Å². The molecular formula is C90H123N21O24S3. The Morgan fingerprint density at radius 1 is 0.464 bits per heavy atom. The second kappa shape index (κ2) is 57.8. The lowest BCUT2D eigenvalue weighted by Crippen LogP contribution is -2.63. The number of hydrogen-bond acceptors (Lipinski definition) is 28. The van der Waals surface area contributed by atoms with Gasteiger partial charge in [-0.05, 0) is 114 Å². The summed E-state index contributed by atoms with van der Waals surface area (Å²) in [6.07, 6.45) is 1.80. The number of carbonyl (C=O) groups is 19. The number of H-pyrrole nitrogens is 1. The molecule has 1 aromatic heterocycles. The van der Waals surface area contributed by atoms with Crippen molar-refractivity contribution >= 4 is 157 Å². The first-order valence-corrected chi connectivity index (χ1v) is 48.3. The highest BCUT2D eigenvalue weighted by Crippen LogP contribution is 2.33. The number of aliphatic hydroxyl groups excluding tert-OH is 3. The van der Waals surface area contributed by atoms with Crippen molar-refractivity contribution in [2.45, 2.75) is 225 Å². The number of aromatic nitrogens is 1. The number of aliphatic hydroxyl groups is 3. The molecule has 0 radical (unpaired) electrons. The number of carboxylic acid groups (broad SMARTS) is 2. The third-order valence-corrected chi connectivity index (χ3v) is 25.9. The minimum absolute atomic E-state index is 0.0640. The molecule has 5 heterocycles. The van der Waals surface area contributed by atoms with Gasteiger partial charge in [0.25, 0.3) is 11.8 Å². The molecule has 45 nitrogen and oxygen atoms in total. The zero-order valence-corrected chi connectivity index (χ0v) is 78.6. The van der Waals surface area contributed by atoms with Crippen LogP contribution in [-0.2, 0) is 112 Å². The van der Waals surface area contributed by atoms with Gasteiger partial charge in [0.2, 0.25) is 82.7 Å². The fourth-order valence-corrected chi connectivity index (χ4v) is 18.4. The smallest absolute Gasteiger partial charge is 0.327 e. The van der Waals surface area contributed by atoms with Gasteiger partial charge in [0.05, 0.1) is 49.9 Å². The Morgan fingerprint density at radius 3 is 1.36 bits per heavy atom. The third-order valence-electron chi connectivity index (χ3n) is 22.0. The number of rotatable bonds is 31. The van der Waals surface area contributed by atoms with Gasteiger partial charge in [-0.3, -0.25) is 86.8 Å². The van der Waals surface area contributed by atoms with Gasteiger partial charge in [-0.25, -0.2) is 9.59 Å². The summed E-state index contributed by atoms with van der Waals surface area (Å²) in [5.41, 5.74) is 25.6. The average Bonchev–Trinajstić information content (AvgIpc) is 1.65. The summed E-state index contributed by atoms with van der Waals surface area (Å²) < 4.78 is 0. The van der Waals surface area contributed by atoms with Crippen molar-refractivity contribution in [1.29, 1.82) is 0 Å². The van der Waals surface area contributed by atoms with Crippen LogP contribution in [0.4, 0.5) is 4.79 Å². The van der Waals surface area contributed by atoms with Gasteiger partial charge in [-0.15, -0.1) is 0 Å². The first-order chi connectivity index (χ1) is 65.8. The number of amides is 18. The van der Waals surface area contributed by atoms with Crippen LogP contribution in [-0.4, -0.2) is 295 Å². The van der Waals surface area contributed by atoms with Gasteiger partial charge < -0.3 is 133 Å². The summed E-state index contributed by atoms with van der Waals surface area (Å²) >= 11 is 1.87. The number of para-hydroxylation sites is 1. The molecular weight excluding hydrogens is 1860 g/mol. The highest BCUT2D eigenvalue weighted by atomic mass is 33.1. The van der Waals surface area contributed by atoms with Gasteiger partial charge in [0.1, 0.15) is 72.5 Å². The monoisotopic (exact) mass is 1980 g/mol. The molecule has 0 spiro atoms. The summed E-state index contributed by atoms with van der Waals surface area (Å²) in [4.78, 5) is 258. The first-order valence-electron chi connectivity index (χ1n) is 44.7. The molecule has 0 bridgehead atoms. The molecule has 48 heteroatoms. The average molecular weight is 1980 g/mol. The number of imide groups is 1. The maximum atomic E-state index is 15.4. The van der Waals surface area contributed by atoms with Crippen LogP contribution in [0.1, 0.15) is 114 Å². The van der Waals surface area contributed by atoms with Crippen LogP contribution in [0.2, 0.25) is 0 Å². The fraction of sp³-hybridized carbons (Fsp3) is 0.478. The topological polar surface area (TPSA) is 738 Å². The van der Waals surface area contributed by atoms with E-state index in [1.165, 1.54) is 19.1 Å². The number of nitrogens with two attached hydrogens (primary N) is 4. The van der Waals surface area contributed by atoms with E-state index in [0.717, 1.165) is 60.5 Å². The lowest BCUT2D eigenvalue weighted by molar-refractivity contribution is -0.142. The van der Waals surface area contributed by atoms with E-state index in [0.29, 0.717) is 44.8 Å². The molecule has 18 atom stereocenters. The van der Waals surface area contributed by atoms with Gasteiger partial charge >= 0.3 is 18.0 Å². The molecule has 3 saturated heterocycles. The molecule has 9 rings (SSSR count). The second-order valence-electron chi connectivity index (χ2n) is 33.0. The number of carbonyl (C=O) groups excluding carboxylic acids is 17. The van der Waals surface area contributed by atoms with E-state index in [1.54, 1.807) is 121 Å². The van der Waals surface area contributed by atoms with E-state index >= 15 is 14.4 Å². The van der Waals surface area contributed by atoms with Crippen molar-refractivity contribution in [2.24, 2.45) is 22.9 Å². The van der Waals surface area contributed by atoms with Crippen LogP contribution in [0.3, 0.4) is 0 Å². The maximum Gasteiger partial charge on any atom is 0.327 e. The second-order valence-corrected chi connectivity index (χ2v) is 36.9. The number of aliphatic carboxylic acids is 2. The lowest BCUT2D eigenvalue weighted by atomic mass is 10.00. The molecule has 4 aliphatic heterocycles. The molecule has 3 fully saturated rings. The minimum atomic E-state index is -1.99. The van der Waals surface area contributed by atoms with Gasteiger partial charge in [-0.2, -0.15) is 11.8 Å². The fourth-order valence-electron chi connectivity index (χ4n) is 14.6. The number of thioether (sulfide) groups is 1. The summed E-state index contributed by atoms with van der Waals surface area (Å²) in [5.74, 6) is -18.2. The molecule has 4 aliphatic rings. The maximum absolute atomic E-state index is 15.4. The molecule has 0 saturated carbocycles. The predicted octanol–water partition coefficient (Wildman–Crippen LogP) is -4.92. The Labute approximate surface area is 806 Å².